The van der Waals surface area contributed by atoms with Gasteiger partial charge >= 0.3 is 0 Å². The van der Waals surface area contributed by atoms with Gasteiger partial charge in [0.2, 0.25) is 0 Å². The third-order valence-electron chi connectivity index (χ3n) is 1.89. The highest BCUT2D eigenvalue weighted by Crippen LogP contribution is 2.03. The molecule has 0 unspecified atom stereocenters. The van der Waals surface area contributed by atoms with Crippen molar-refractivity contribution in [2.24, 2.45) is 0 Å². The van der Waals surface area contributed by atoms with Gasteiger partial charge in [-0.2, -0.15) is 11.8 Å². The molecule has 0 radical (unpaired) electrons. The second-order valence-corrected chi connectivity index (χ2v) is 4.14. The number of nitrogens with one attached hydrogen (secondary N) is 1. The Morgan fingerprint density at radius 1 is 1.38 bits per heavy atom. The molecule has 0 aliphatic carbocycles. The molecule has 0 fully saturated rings. The molecule has 0 aliphatic rings. The van der Waals surface area contributed by atoms with E-state index in [0.717, 1.165) is 13.1 Å². The Hall–Kier alpha value is -0.470. The van der Waals surface area contributed by atoms with Gasteiger partial charge in [0.1, 0.15) is 0 Å². The highest BCUT2D eigenvalue weighted by atomic mass is 32.2. The number of hydrogen-bond acceptors (Lipinski definition) is 2. The van der Waals surface area contributed by atoms with Crippen LogP contribution in [-0.4, -0.2) is 18.6 Å². The Balaban J connectivity index is 2.28. The first kappa shape index (κ1) is 10.6. The summed E-state index contributed by atoms with van der Waals surface area (Å²) in [6.07, 6.45) is 2.13. The van der Waals surface area contributed by atoms with E-state index in [0.29, 0.717) is 0 Å². The summed E-state index contributed by atoms with van der Waals surface area (Å²) < 4.78 is 0. The zero-order valence-corrected chi connectivity index (χ0v) is 9.16. The maximum atomic E-state index is 3.41. The van der Waals surface area contributed by atoms with E-state index in [4.69, 9.17) is 0 Å². The van der Waals surface area contributed by atoms with Crippen molar-refractivity contribution in [2.45, 2.75) is 13.5 Å². The maximum Gasteiger partial charge on any atom is 0.0205 e. The first-order chi connectivity index (χ1) is 6.33. The number of benzene rings is 1. The molecule has 72 valence electrons. The van der Waals surface area contributed by atoms with Crippen molar-refractivity contribution >= 4 is 11.8 Å². The van der Waals surface area contributed by atoms with Gasteiger partial charge in [-0.25, -0.2) is 0 Å². The second kappa shape index (κ2) is 6.06. The van der Waals surface area contributed by atoms with Gasteiger partial charge in [-0.05, 0) is 18.7 Å². The lowest BCUT2D eigenvalue weighted by atomic mass is 10.1. The standard InChI is InChI=1S/C11H17NS/c1-10-4-3-5-11(8-10)9-12-6-7-13-2/h3-5,8,12H,6-7,9H2,1-2H3. The molecule has 1 aromatic carbocycles. The average Bonchev–Trinajstić information content (AvgIpc) is 2.13. The molecule has 1 rings (SSSR count). The minimum atomic E-state index is 0.988. The fourth-order valence-corrected chi connectivity index (χ4v) is 1.58. The fourth-order valence-electron chi connectivity index (χ4n) is 1.23. The number of aryl methyl sites for hydroxylation is 1. The minimum Gasteiger partial charge on any atom is -0.312 e. The van der Waals surface area contributed by atoms with Crippen molar-refractivity contribution in [3.05, 3.63) is 35.4 Å². The zero-order valence-electron chi connectivity index (χ0n) is 8.34. The molecule has 1 nitrogen and oxygen atoms in total. The smallest absolute Gasteiger partial charge is 0.0205 e. The molecule has 0 saturated heterocycles. The van der Waals surface area contributed by atoms with E-state index >= 15 is 0 Å². The summed E-state index contributed by atoms with van der Waals surface area (Å²) in [7, 11) is 0. The van der Waals surface area contributed by atoms with Crippen LogP contribution in [0.15, 0.2) is 24.3 Å². The van der Waals surface area contributed by atoms with Crippen LogP contribution in [0.2, 0.25) is 0 Å². The minimum absolute atomic E-state index is 0.988. The lowest BCUT2D eigenvalue weighted by Crippen LogP contribution is -2.16. The summed E-state index contributed by atoms with van der Waals surface area (Å²) in [5, 5.41) is 3.41. The van der Waals surface area contributed by atoms with Crippen LogP contribution in [0.5, 0.6) is 0 Å². The fraction of sp³-hybridized carbons (Fsp3) is 0.455. The molecule has 0 aliphatic heterocycles. The summed E-state index contributed by atoms with van der Waals surface area (Å²) in [5.74, 6) is 1.19. The molecule has 1 N–H and O–H groups in total. The third-order valence-corrected chi connectivity index (χ3v) is 2.51. The SMILES string of the molecule is CSCCNCc1cccc(C)c1. The van der Waals surface area contributed by atoms with Crippen LogP contribution in [0.25, 0.3) is 0 Å². The topological polar surface area (TPSA) is 12.0 Å². The van der Waals surface area contributed by atoms with Crippen LogP contribution in [0.4, 0.5) is 0 Å². The largest absolute Gasteiger partial charge is 0.312 e. The Kier molecular flexibility index (Phi) is 4.94. The molecule has 0 spiro atoms. The predicted octanol–water partition coefficient (Wildman–Crippen LogP) is 2.45. The van der Waals surface area contributed by atoms with E-state index in [2.05, 4.69) is 42.8 Å². The molecule has 1 aromatic rings. The van der Waals surface area contributed by atoms with Gasteiger partial charge in [-0.3, -0.25) is 0 Å². The monoisotopic (exact) mass is 195 g/mol. The third kappa shape index (κ3) is 4.34. The highest BCUT2D eigenvalue weighted by molar-refractivity contribution is 7.98. The summed E-state index contributed by atoms with van der Waals surface area (Å²) >= 11 is 1.88. The van der Waals surface area contributed by atoms with E-state index in [9.17, 15) is 0 Å². The predicted molar refractivity (Wildman–Crippen MR) is 61.3 cm³/mol. The van der Waals surface area contributed by atoms with Gasteiger partial charge in [0, 0.05) is 18.8 Å². The van der Waals surface area contributed by atoms with E-state index in [1.807, 2.05) is 11.8 Å². The van der Waals surface area contributed by atoms with Gasteiger partial charge in [0.05, 0.1) is 0 Å². The van der Waals surface area contributed by atoms with Crippen LogP contribution in [-0.2, 0) is 6.54 Å². The van der Waals surface area contributed by atoms with E-state index in [-0.39, 0.29) is 0 Å². The van der Waals surface area contributed by atoms with E-state index < -0.39 is 0 Å². The van der Waals surface area contributed by atoms with Crippen LogP contribution in [0, 0.1) is 6.92 Å². The summed E-state index contributed by atoms with van der Waals surface area (Å²) in [6.45, 7) is 4.21. The molecule has 0 amide bonds. The van der Waals surface area contributed by atoms with Gasteiger partial charge in [0.15, 0.2) is 0 Å². The van der Waals surface area contributed by atoms with Crippen molar-refractivity contribution < 1.29 is 0 Å². The highest BCUT2D eigenvalue weighted by Gasteiger charge is 1.91. The first-order valence-electron chi connectivity index (χ1n) is 4.58. The number of hydrogen-bond donors (Lipinski definition) is 1. The molecule has 0 bridgehead atoms. The Labute approximate surface area is 84.9 Å². The molecule has 0 heterocycles. The van der Waals surface area contributed by atoms with Gasteiger partial charge < -0.3 is 5.32 Å². The Bertz CT molecular complexity index is 248. The van der Waals surface area contributed by atoms with Crippen molar-refractivity contribution in [3.8, 4) is 0 Å². The molecule has 13 heavy (non-hydrogen) atoms. The van der Waals surface area contributed by atoms with Crippen LogP contribution < -0.4 is 5.32 Å². The summed E-state index contributed by atoms with van der Waals surface area (Å²) in [5.41, 5.74) is 2.71. The van der Waals surface area contributed by atoms with Crippen molar-refractivity contribution in [1.82, 2.24) is 5.32 Å². The molecule has 0 aromatic heterocycles. The van der Waals surface area contributed by atoms with Crippen LogP contribution >= 0.6 is 11.8 Å². The van der Waals surface area contributed by atoms with Gasteiger partial charge in [0.25, 0.3) is 0 Å². The quantitative estimate of drug-likeness (QED) is 0.724. The number of rotatable bonds is 5. The van der Waals surface area contributed by atoms with Crippen molar-refractivity contribution in [1.29, 1.82) is 0 Å². The second-order valence-electron chi connectivity index (χ2n) is 3.16. The molecular formula is C11H17NS. The van der Waals surface area contributed by atoms with Gasteiger partial charge in [-0.15, -0.1) is 0 Å². The van der Waals surface area contributed by atoms with E-state index in [1.165, 1.54) is 16.9 Å². The summed E-state index contributed by atoms with van der Waals surface area (Å²) in [6, 6.07) is 8.64. The first-order valence-corrected chi connectivity index (χ1v) is 5.97. The van der Waals surface area contributed by atoms with Gasteiger partial charge in [-0.1, -0.05) is 29.8 Å². The maximum absolute atomic E-state index is 3.41. The number of thioether (sulfide) groups is 1. The average molecular weight is 195 g/mol. The van der Waals surface area contributed by atoms with Crippen molar-refractivity contribution in [2.75, 3.05) is 18.6 Å². The Morgan fingerprint density at radius 3 is 2.92 bits per heavy atom. The van der Waals surface area contributed by atoms with E-state index in [1.54, 1.807) is 0 Å². The summed E-state index contributed by atoms with van der Waals surface area (Å²) in [4.78, 5) is 0. The molecule has 0 saturated carbocycles. The molecule has 0 atom stereocenters. The normalized spacial score (nSPS) is 10.3. The van der Waals surface area contributed by atoms with Crippen molar-refractivity contribution in [3.63, 3.8) is 0 Å². The lowest BCUT2D eigenvalue weighted by Gasteiger charge is -2.04. The molecule has 2 heteroatoms. The lowest BCUT2D eigenvalue weighted by molar-refractivity contribution is 0.732. The zero-order chi connectivity index (χ0) is 9.52. The Morgan fingerprint density at radius 2 is 2.23 bits per heavy atom. The molecular weight excluding hydrogens is 178 g/mol. The van der Waals surface area contributed by atoms with Crippen LogP contribution in [0.3, 0.4) is 0 Å². The van der Waals surface area contributed by atoms with Crippen LogP contribution in [0.1, 0.15) is 11.1 Å².